The van der Waals surface area contributed by atoms with Crippen LogP contribution in [0, 0.1) is 11.6 Å². The molecule has 3 aromatic rings. The van der Waals surface area contributed by atoms with Gasteiger partial charge in [-0.1, -0.05) is 11.6 Å². The number of hydrogen-bond acceptors (Lipinski definition) is 2. The maximum atomic E-state index is 13.6. The van der Waals surface area contributed by atoms with Crippen molar-refractivity contribution in [2.75, 3.05) is 5.73 Å². The quantitative estimate of drug-likeness (QED) is 0.667. The van der Waals surface area contributed by atoms with Crippen LogP contribution >= 0.6 is 11.6 Å². The Kier molecular flexibility index (Phi) is 2.64. The molecule has 0 saturated carbocycles. The highest BCUT2D eigenvalue weighted by Crippen LogP contribution is 2.27. The van der Waals surface area contributed by atoms with E-state index in [-0.39, 0.29) is 11.0 Å². The van der Waals surface area contributed by atoms with Crippen molar-refractivity contribution in [1.82, 2.24) is 9.97 Å². The Bertz CT molecular complexity index is 763. The van der Waals surface area contributed by atoms with Crippen LogP contribution in [0.2, 0.25) is 5.02 Å². The van der Waals surface area contributed by atoms with Crippen LogP contribution in [0.3, 0.4) is 0 Å². The van der Waals surface area contributed by atoms with Crippen LogP contribution < -0.4 is 5.73 Å². The van der Waals surface area contributed by atoms with Crippen LogP contribution in [0.5, 0.6) is 0 Å². The van der Waals surface area contributed by atoms with Gasteiger partial charge in [0.1, 0.15) is 17.2 Å². The SMILES string of the molecule is Nc1cc(Cl)cc(-c2nc3c(F)cc(F)cc3[nH]2)c1. The van der Waals surface area contributed by atoms with Crippen LogP contribution in [0.4, 0.5) is 14.5 Å². The zero-order valence-corrected chi connectivity index (χ0v) is 10.3. The number of aromatic amines is 1. The maximum absolute atomic E-state index is 13.6. The molecule has 0 aliphatic carbocycles. The van der Waals surface area contributed by atoms with E-state index < -0.39 is 11.6 Å². The lowest BCUT2D eigenvalue weighted by Crippen LogP contribution is -1.87. The number of nitrogens with one attached hydrogen (secondary N) is 1. The molecule has 0 amide bonds. The molecule has 1 heterocycles. The zero-order valence-electron chi connectivity index (χ0n) is 9.55. The molecule has 0 bridgehead atoms. The van der Waals surface area contributed by atoms with E-state index >= 15 is 0 Å². The van der Waals surface area contributed by atoms with E-state index in [0.29, 0.717) is 22.1 Å². The van der Waals surface area contributed by atoms with Gasteiger partial charge in [0.15, 0.2) is 5.82 Å². The summed E-state index contributed by atoms with van der Waals surface area (Å²) in [5.41, 5.74) is 7.13. The third-order valence-electron chi connectivity index (χ3n) is 2.70. The normalized spacial score (nSPS) is 11.1. The number of anilines is 1. The number of imidazole rings is 1. The maximum Gasteiger partial charge on any atom is 0.153 e. The zero-order chi connectivity index (χ0) is 13.6. The average Bonchev–Trinajstić information content (AvgIpc) is 2.71. The number of nitrogen functional groups attached to an aromatic ring is 1. The van der Waals surface area contributed by atoms with Gasteiger partial charge in [0, 0.05) is 22.3 Å². The number of halogens is 3. The van der Waals surface area contributed by atoms with Gasteiger partial charge in [-0.15, -0.1) is 0 Å². The van der Waals surface area contributed by atoms with Crippen molar-refractivity contribution in [2.45, 2.75) is 0 Å². The molecule has 6 heteroatoms. The van der Waals surface area contributed by atoms with Gasteiger partial charge in [0.2, 0.25) is 0 Å². The van der Waals surface area contributed by atoms with E-state index in [0.717, 1.165) is 6.07 Å². The molecule has 3 N–H and O–H groups in total. The van der Waals surface area contributed by atoms with E-state index in [1.165, 1.54) is 6.07 Å². The third kappa shape index (κ3) is 2.13. The van der Waals surface area contributed by atoms with Crippen LogP contribution in [0.15, 0.2) is 30.3 Å². The number of rotatable bonds is 1. The molecule has 0 fully saturated rings. The van der Waals surface area contributed by atoms with Gasteiger partial charge in [-0.25, -0.2) is 13.8 Å². The first-order valence-corrected chi connectivity index (χ1v) is 5.82. The van der Waals surface area contributed by atoms with Gasteiger partial charge >= 0.3 is 0 Å². The standard InChI is InChI=1S/C13H8ClF2N3/c14-7-1-6(2-9(17)3-7)13-18-11-5-8(15)4-10(16)12(11)19-13/h1-5H,17H2,(H,18,19). The third-order valence-corrected chi connectivity index (χ3v) is 2.92. The minimum atomic E-state index is -0.715. The van der Waals surface area contributed by atoms with Gasteiger partial charge in [0.05, 0.1) is 5.52 Å². The molecule has 3 nitrogen and oxygen atoms in total. The van der Waals surface area contributed by atoms with Crippen molar-refractivity contribution >= 4 is 28.3 Å². The monoisotopic (exact) mass is 279 g/mol. The number of hydrogen-bond donors (Lipinski definition) is 2. The highest BCUT2D eigenvalue weighted by molar-refractivity contribution is 6.31. The van der Waals surface area contributed by atoms with Crippen molar-refractivity contribution < 1.29 is 8.78 Å². The Morgan fingerprint density at radius 2 is 1.89 bits per heavy atom. The molecule has 0 unspecified atom stereocenters. The second kappa shape index (κ2) is 4.20. The van der Waals surface area contributed by atoms with Gasteiger partial charge < -0.3 is 10.7 Å². The van der Waals surface area contributed by atoms with E-state index in [2.05, 4.69) is 9.97 Å². The molecule has 19 heavy (non-hydrogen) atoms. The van der Waals surface area contributed by atoms with Crippen LogP contribution in [0.25, 0.3) is 22.4 Å². The van der Waals surface area contributed by atoms with E-state index in [4.69, 9.17) is 17.3 Å². The minimum Gasteiger partial charge on any atom is -0.399 e. The molecular weight excluding hydrogens is 272 g/mol. The highest BCUT2D eigenvalue weighted by atomic mass is 35.5. The van der Waals surface area contributed by atoms with Gasteiger partial charge in [-0.3, -0.25) is 0 Å². The minimum absolute atomic E-state index is 0.0787. The summed E-state index contributed by atoms with van der Waals surface area (Å²) < 4.78 is 26.7. The summed E-state index contributed by atoms with van der Waals surface area (Å²) in [6.45, 7) is 0. The van der Waals surface area contributed by atoms with Crippen molar-refractivity contribution in [3.8, 4) is 11.4 Å². The molecule has 0 spiro atoms. The number of nitrogens with two attached hydrogens (primary N) is 1. The first kappa shape index (κ1) is 11.9. The Hall–Kier alpha value is -2.14. The van der Waals surface area contributed by atoms with Crippen molar-refractivity contribution in [3.63, 3.8) is 0 Å². The molecule has 0 aliphatic rings. The van der Waals surface area contributed by atoms with Crippen LogP contribution in [0.1, 0.15) is 0 Å². The lowest BCUT2D eigenvalue weighted by molar-refractivity contribution is 0.591. The molecule has 0 saturated heterocycles. The smallest absolute Gasteiger partial charge is 0.153 e. The summed E-state index contributed by atoms with van der Waals surface area (Å²) in [5.74, 6) is -0.994. The predicted octanol–water partition coefficient (Wildman–Crippen LogP) is 3.74. The first-order chi connectivity index (χ1) is 9.02. The molecular formula is C13H8ClF2N3. The second-order valence-electron chi connectivity index (χ2n) is 4.14. The summed E-state index contributed by atoms with van der Waals surface area (Å²) in [6.07, 6.45) is 0. The fourth-order valence-electron chi connectivity index (χ4n) is 1.93. The number of fused-ring (bicyclic) bond motifs is 1. The number of benzene rings is 2. The lowest BCUT2D eigenvalue weighted by atomic mass is 10.2. The van der Waals surface area contributed by atoms with E-state index in [1.807, 2.05) is 0 Å². The van der Waals surface area contributed by atoms with E-state index in [1.54, 1.807) is 18.2 Å². The topological polar surface area (TPSA) is 54.7 Å². The summed E-state index contributed by atoms with van der Waals surface area (Å²) in [5, 5.41) is 0.446. The average molecular weight is 280 g/mol. The summed E-state index contributed by atoms with van der Waals surface area (Å²) in [6, 6.07) is 6.86. The molecule has 2 aromatic carbocycles. The highest BCUT2D eigenvalue weighted by Gasteiger charge is 2.11. The van der Waals surface area contributed by atoms with Gasteiger partial charge in [-0.05, 0) is 24.3 Å². The fraction of sp³-hybridized carbons (Fsp3) is 0. The molecule has 1 aromatic heterocycles. The number of H-pyrrole nitrogens is 1. The molecule has 0 radical (unpaired) electrons. The molecule has 0 atom stereocenters. The molecule has 3 rings (SSSR count). The Morgan fingerprint density at radius 1 is 1.11 bits per heavy atom. The van der Waals surface area contributed by atoms with Gasteiger partial charge in [-0.2, -0.15) is 0 Å². The Morgan fingerprint density at radius 3 is 2.63 bits per heavy atom. The van der Waals surface area contributed by atoms with Crippen LogP contribution in [-0.4, -0.2) is 9.97 Å². The fourth-order valence-corrected chi connectivity index (χ4v) is 2.17. The van der Waals surface area contributed by atoms with Gasteiger partial charge in [0.25, 0.3) is 0 Å². The first-order valence-electron chi connectivity index (χ1n) is 5.44. The second-order valence-corrected chi connectivity index (χ2v) is 4.58. The lowest BCUT2D eigenvalue weighted by Gasteiger charge is -2.00. The summed E-state index contributed by atoms with van der Waals surface area (Å²) in [7, 11) is 0. The largest absolute Gasteiger partial charge is 0.399 e. The van der Waals surface area contributed by atoms with Crippen molar-refractivity contribution in [3.05, 3.63) is 47.0 Å². The van der Waals surface area contributed by atoms with Crippen molar-refractivity contribution in [2.24, 2.45) is 0 Å². The molecule has 96 valence electrons. The van der Waals surface area contributed by atoms with E-state index in [9.17, 15) is 8.78 Å². The summed E-state index contributed by atoms with van der Waals surface area (Å²) in [4.78, 5) is 6.94. The molecule has 0 aliphatic heterocycles. The summed E-state index contributed by atoms with van der Waals surface area (Å²) >= 11 is 5.90. The number of aromatic nitrogens is 2. The predicted molar refractivity (Wildman–Crippen MR) is 70.9 cm³/mol. The Balaban J connectivity index is 2.23. The van der Waals surface area contributed by atoms with Crippen LogP contribution in [-0.2, 0) is 0 Å². The van der Waals surface area contributed by atoms with Crippen molar-refractivity contribution in [1.29, 1.82) is 0 Å². The number of nitrogens with zero attached hydrogens (tertiary/aromatic N) is 1. The Labute approximate surface area is 112 Å².